The van der Waals surface area contributed by atoms with Gasteiger partial charge in [0.1, 0.15) is 22.3 Å². The molecule has 0 amide bonds. The van der Waals surface area contributed by atoms with Crippen LogP contribution < -0.4 is 0 Å². The second-order valence-corrected chi connectivity index (χ2v) is 9.59. The van der Waals surface area contributed by atoms with Crippen molar-refractivity contribution < 1.29 is 39.0 Å². The summed E-state index contributed by atoms with van der Waals surface area (Å²) < 4.78 is 205. The molecule has 6 aromatic carbocycles. The first kappa shape index (κ1) is 11.3. The molecule has 6 nitrogen and oxygen atoms in total. The minimum absolute atomic E-state index is 0.313. The summed E-state index contributed by atoms with van der Waals surface area (Å²) >= 11 is 0. The monoisotopic (exact) mass is 600 g/mol. The van der Waals surface area contributed by atoms with Gasteiger partial charge in [-0.2, -0.15) is 9.97 Å². The van der Waals surface area contributed by atoms with E-state index in [0.717, 1.165) is 4.57 Å². The Kier molecular flexibility index (Phi) is 2.30. The van der Waals surface area contributed by atoms with E-state index in [9.17, 15) is 5.48 Å². The number of para-hydroxylation sites is 3. The standard InChI is InChI=1S/C39H22N4O2/c1-2-10-23(11-3-1)37-40-38(24-18-19-28-26-13-5-8-16-32(26)44-34(28)22-24)42-39(41-37)43-31-15-7-4-12-25(31)29-20-21-30-27-14-6-9-17-33(27)45-36(30)35(29)43/h1-22H/i1D,2D,3D,4D,5D,6D,7D,8D,9D,10D,11D,12D,13D,14D,15D,16D,17D,18D,19D,20D,21D,22D. The topological polar surface area (TPSA) is 69.9 Å². The lowest BCUT2D eigenvalue weighted by Crippen LogP contribution is -2.06. The van der Waals surface area contributed by atoms with Gasteiger partial charge in [0, 0.05) is 43.4 Å². The van der Waals surface area contributed by atoms with Gasteiger partial charge in [0.05, 0.1) is 35.7 Å². The molecular weight excluding hydrogens is 556 g/mol. The van der Waals surface area contributed by atoms with Gasteiger partial charge in [0.15, 0.2) is 17.2 Å². The van der Waals surface area contributed by atoms with Gasteiger partial charge in [-0.1, -0.05) is 96.7 Å². The molecule has 10 aromatic rings. The molecule has 0 aliphatic rings. The maximum atomic E-state index is 9.36. The molecular formula is C39H22N4O2. The Balaban J connectivity index is 1.46. The molecule has 0 unspecified atom stereocenters. The molecule has 0 aliphatic carbocycles. The first-order valence-electron chi connectivity index (χ1n) is 24.1. The lowest BCUT2D eigenvalue weighted by atomic mass is 10.1. The van der Waals surface area contributed by atoms with Crippen molar-refractivity contribution in [3.8, 4) is 28.7 Å². The highest BCUT2D eigenvalue weighted by Crippen LogP contribution is 2.40. The smallest absolute Gasteiger partial charge is 0.238 e. The van der Waals surface area contributed by atoms with Crippen LogP contribution >= 0.6 is 0 Å². The first-order valence-corrected chi connectivity index (χ1v) is 13.1. The first-order chi connectivity index (χ1) is 31.5. The van der Waals surface area contributed by atoms with Crippen molar-refractivity contribution in [2.45, 2.75) is 0 Å². The van der Waals surface area contributed by atoms with E-state index in [-0.39, 0.29) is 26.9 Å². The summed E-state index contributed by atoms with van der Waals surface area (Å²) in [7, 11) is 0. The Morgan fingerprint density at radius 3 is 1.89 bits per heavy atom. The largest absolute Gasteiger partial charge is 0.456 e. The second-order valence-electron chi connectivity index (χ2n) is 9.59. The van der Waals surface area contributed by atoms with Crippen LogP contribution in [0.4, 0.5) is 0 Å². The molecule has 0 atom stereocenters. The van der Waals surface area contributed by atoms with Crippen LogP contribution in [0.3, 0.4) is 0 Å². The quantitative estimate of drug-likeness (QED) is 0.202. The number of benzene rings is 6. The molecule has 210 valence electrons. The Morgan fingerprint density at radius 1 is 0.467 bits per heavy atom. The molecule has 0 spiro atoms. The molecule has 0 saturated carbocycles. The van der Waals surface area contributed by atoms with Crippen molar-refractivity contribution in [2.75, 3.05) is 0 Å². The van der Waals surface area contributed by atoms with Gasteiger partial charge in [-0.3, -0.25) is 4.57 Å². The van der Waals surface area contributed by atoms with E-state index >= 15 is 0 Å². The fraction of sp³-hybridized carbons (Fsp3) is 0. The molecule has 4 heterocycles. The van der Waals surface area contributed by atoms with E-state index in [1.807, 2.05) is 0 Å². The van der Waals surface area contributed by atoms with Gasteiger partial charge in [0.25, 0.3) is 0 Å². The fourth-order valence-corrected chi connectivity index (χ4v) is 5.22. The molecule has 0 N–H and O–H groups in total. The number of furan rings is 2. The van der Waals surface area contributed by atoms with E-state index in [1.54, 1.807) is 0 Å². The maximum Gasteiger partial charge on any atom is 0.238 e. The Morgan fingerprint density at radius 2 is 1.07 bits per heavy atom. The maximum absolute atomic E-state index is 9.36. The summed E-state index contributed by atoms with van der Waals surface area (Å²) in [4.78, 5) is 13.4. The third-order valence-corrected chi connectivity index (χ3v) is 7.12. The molecule has 0 saturated heterocycles. The number of nitrogens with zero attached hydrogens (tertiary/aromatic N) is 4. The summed E-state index contributed by atoms with van der Waals surface area (Å²) in [5.74, 6) is -2.27. The number of hydrogen-bond acceptors (Lipinski definition) is 5. The van der Waals surface area contributed by atoms with E-state index in [1.165, 1.54) is 0 Å². The van der Waals surface area contributed by atoms with E-state index in [0.29, 0.717) is 0 Å². The van der Waals surface area contributed by atoms with Crippen molar-refractivity contribution in [2.24, 2.45) is 0 Å². The van der Waals surface area contributed by atoms with Gasteiger partial charge in [-0.15, -0.1) is 0 Å². The van der Waals surface area contributed by atoms with Gasteiger partial charge in [0.2, 0.25) is 5.95 Å². The van der Waals surface area contributed by atoms with Gasteiger partial charge in [-0.05, 0) is 36.3 Å². The predicted octanol–water partition coefficient (Wildman–Crippen LogP) is 10.1. The molecule has 6 heteroatoms. The minimum Gasteiger partial charge on any atom is -0.456 e. The molecule has 0 aliphatic heterocycles. The lowest BCUT2D eigenvalue weighted by Gasteiger charge is -2.11. The number of aromatic nitrogens is 4. The van der Waals surface area contributed by atoms with Gasteiger partial charge >= 0.3 is 0 Å². The van der Waals surface area contributed by atoms with E-state index in [2.05, 4.69) is 15.0 Å². The van der Waals surface area contributed by atoms with Crippen molar-refractivity contribution >= 4 is 65.7 Å². The Bertz CT molecular complexity index is 4000. The molecule has 0 fully saturated rings. The molecule has 4 aromatic heterocycles. The van der Waals surface area contributed by atoms with Gasteiger partial charge in [-0.25, -0.2) is 4.98 Å². The Hall–Kier alpha value is -6.27. The van der Waals surface area contributed by atoms with E-state index in [4.69, 9.17) is 33.5 Å². The van der Waals surface area contributed by atoms with Gasteiger partial charge < -0.3 is 8.83 Å². The third-order valence-electron chi connectivity index (χ3n) is 7.12. The average molecular weight is 601 g/mol. The SMILES string of the molecule is [2H]c1c([2H])c([2H])c(-c2nc(-c3c([2H])c([2H])c4c(oc5c([2H])c([2H])c([2H])c([2H])c54)c3[2H])nc(-n3c4c([2H])c([2H])c([2H])c([2H])c4c4c([2H])c([2H])c5c(oc6c([2H])c([2H])c([2H])c([2H])c65)c43)n2)c([2H])c1[2H]. The summed E-state index contributed by atoms with van der Waals surface area (Å²) in [5.41, 5.74) is -4.16. The predicted molar refractivity (Wildman–Crippen MR) is 180 cm³/mol. The Labute approximate surface area is 286 Å². The average Bonchev–Trinajstić information content (AvgIpc) is 4.02. The zero-order chi connectivity index (χ0) is 48.6. The van der Waals surface area contributed by atoms with Crippen LogP contribution in [0.5, 0.6) is 0 Å². The second kappa shape index (κ2) is 9.11. The summed E-state index contributed by atoms with van der Waals surface area (Å²) in [6.45, 7) is 0. The summed E-state index contributed by atoms with van der Waals surface area (Å²) in [6, 6.07) is -16.6. The third kappa shape index (κ3) is 3.53. The van der Waals surface area contributed by atoms with Crippen molar-refractivity contribution in [1.29, 1.82) is 0 Å². The van der Waals surface area contributed by atoms with Crippen LogP contribution in [-0.2, 0) is 0 Å². The number of fused-ring (bicyclic) bond motifs is 10. The molecule has 10 rings (SSSR count). The summed E-state index contributed by atoms with van der Waals surface area (Å²) in [5, 5.41) is -2.16. The number of hydrogen-bond donors (Lipinski definition) is 0. The normalized spacial score (nSPS) is 18.8. The van der Waals surface area contributed by atoms with Crippen LogP contribution in [0.2, 0.25) is 0 Å². The van der Waals surface area contributed by atoms with Crippen molar-refractivity contribution in [3.63, 3.8) is 0 Å². The minimum atomic E-state index is -0.858. The highest BCUT2D eigenvalue weighted by Gasteiger charge is 2.22. The van der Waals surface area contributed by atoms with Crippen LogP contribution in [-0.4, -0.2) is 19.5 Å². The molecule has 45 heavy (non-hydrogen) atoms. The highest BCUT2D eigenvalue weighted by molar-refractivity contribution is 6.21. The van der Waals surface area contributed by atoms with E-state index < -0.39 is 200 Å². The number of rotatable bonds is 3. The molecule has 0 bridgehead atoms. The van der Waals surface area contributed by atoms with Crippen LogP contribution in [0.25, 0.3) is 94.4 Å². The zero-order valence-corrected chi connectivity index (χ0v) is 22.1. The lowest BCUT2D eigenvalue weighted by molar-refractivity contribution is 0.669. The van der Waals surface area contributed by atoms with Crippen molar-refractivity contribution in [1.82, 2.24) is 19.5 Å². The fourth-order valence-electron chi connectivity index (χ4n) is 5.22. The zero-order valence-electron chi connectivity index (χ0n) is 44.1. The summed E-state index contributed by atoms with van der Waals surface area (Å²) in [6.07, 6.45) is 0. The highest BCUT2D eigenvalue weighted by atomic mass is 16.3. The molecule has 0 radical (unpaired) electrons. The van der Waals surface area contributed by atoms with Crippen LogP contribution in [0.1, 0.15) is 30.2 Å². The van der Waals surface area contributed by atoms with Crippen molar-refractivity contribution in [3.05, 3.63) is 133 Å². The van der Waals surface area contributed by atoms with Crippen LogP contribution in [0.15, 0.2) is 142 Å². The van der Waals surface area contributed by atoms with Crippen LogP contribution in [0, 0.1) is 0 Å².